The van der Waals surface area contributed by atoms with E-state index in [2.05, 4.69) is 30.1 Å². The van der Waals surface area contributed by atoms with Crippen LogP contribution in [0, 0.1) is 18.3 Å². The first-order chi connectivity index (χ1) is 10.1. The summed E-state index contributed by atoms with van der Waals surface area (Å²) >= 11 is 0. The van der Waals surface area contributed by atoms with Crippen molar-refractivity contribution in [1.29, 1.82) is 5.26 Å². The molecule has 0 N–H and O–H groups in total. The minimum atomic E-state index is -0.317. The monoisotopic (exact) mass is 286 g/mol. The van der Waals surface area contributed by atoms with Gasteiger partial charge < -0.3 is 14.4 Å². The molecule has 3 rings (SSSR count). The Bertz CT molecular complexity index is 548. The third-order valence-corrected chi connectivity index (χ3v) is 4.73. The molecule has 21 heavy (non-hydrogen) atoms. The van der Waals surface area contributed by atoms with Crippen molar-refractivity contribution in [3.8, 4) is 6.07 Å². The maximum Gasteiger partial charge on any atom is 0.168 e. The Labute approximate surface area is 126 Å². The summed E-state index contributed by atoms with van der Waals surface area (Å²) in [6, 6.07) is 8.84. The van der Waals surface area contributed by atoms with Gasteiger partial charge in [-0.3, -0.25) is 0 Å². The van der Waals surface area contributed by atoms with E-state index in [1.807, 2.05) is 13.0 Å². The van der Waals surface area contributed by atoms with E-state index in [4.69, 9.17) is 9.47 Å². The van der Waals surface area contributed by atoms with Gasteiger partial charge in [0.25, 0.3) is 0 Å². The Morgan fingerprint density at radius 2 is 1.90 bits per heavy atom. The van der Waals surface area contributed by atoms with Crippen molar-refractivity contribution in [1.82, 2.24) is 0 Å². The molecular weight excluding hydrogens is 264 g/mol. The van der Waals surface area contributed by atoms with E-state index in [0.29, 0.717) is 6.04 Å². The van der Waals surface area contributed by atoms with E-state index in [1.54, 1.807) is 0 Å². The molecule has 0 unspecified atom stereocenters. The zero-order valence-electron chi connectivity index (χ0n) is 12.8. The van der Waals surface area contributed by atoms with Crippen molar-refractivity contribution in [3.63, 3.8) is 0 Å². The van der Waals surface area contributed by atoms with Gasteiger partial charge in [-0.25, -0.2) is 0 Å². The number of nitriles is 1. The van der Waals surface area contributed by atoms with Crippen molar-refractivity contribution in [2.24, 2.45) is 0 Å². The van der Waals surface area contributed by atoms with Crippen molar-refractivity contribution in [3.05, 3.63) is 29.3 Å². The third kappa shape index (κ3) is 2.76. The molecule has 1 heterocycles. The number of ether oxygens (including phenoxy) is 2. The highest BCUT2D eigenvalue weighted by Crippen LogP contribution is 2.38. The van der Waals surface area contributed by atoms with Gasteiger partial charge >= 0.3 is 0 Å². The highest BCUT2D eigenvalue weighted by atomic mass is 16.7. The van der Waals surface area contributed by atoms with Gasteiger partial charge in [0, 0.05) is 25.9 Å². The second-order valence-electron chi connectivity index (χ2n) is 6.08. The SMILES string of the molecule is Cc1ccc(N(C)C2CCC3(CC2)OCCO3)c(C#N)c1. The highest BCUT2D eigenvalue weighted by molar-refractivity contribution is 5.60. The fourth-order valence-electron chi connectivity index (χ4n) is 3.46. The predicted molar refractivity (Wildman–Crippen MR) is 81.2 cm³/mol. The van der Waals surface area contributed by atoms with E-state index in [1.165, 1.54) is 0 Å². The lowest BCUT2D eigenvalue weighted by Crippen LogP contribution is -2.43. The summed E-state index contributed by atoms with van der Waals surface area (Å²) in [6.45, 7) is 3.46. The minimum absolute atomic E-state index is 0.317. The maximum absolute atomic E-state index is 9.34. The van der Waals surface area contributed by atoms with Crippen molar-refractivity contribution >= 4 is 5.69 Å². The largest absolute Gasteiger partial charge is 0.371 e. The minimum Gasteiger partial charge on any atom is -0.371 e. The Morgan fingerprint density at radius 1 is 1.24 bits per heavy atom. The van der Waals surface area contributed by atoms with Gasteiger partial charge in [0.1, 0.15) is 6.07 Å². The summed E-state index contributed by atoms with van der Waals surface area (Å²) in [4.78, 5) is 2.25. The third-order valence-electron chi connectivity index (χ3n) is 4.73. The summed E-state index contributed by atoms with van der Waals surface area (Å²) in [5.74, 6) is -0.317. The van der Waals surface area contributed by atoms with Crippen LogP contribution >= 0.6 is 0 Å². The number of hydrogen-bond acceptors (Lipinski definition) is 4. The lowest BCUT2D eigenvalue weighted by atomic mass is 9.88. The quantitative estimate of drug-likeness (QED) is 0.838. The molecule has 1 aliphatic carbocycles. The van der Waals surface area contributed by atoms with Crippen molar-refractivity contribution < 1.29 is 9.47 Å². The summed E-state index contributed by atoms with van der Waals surface area (Å²) < 4.78 is 11.6. The number of rotatable bonds is 2. The van der Waals surface area contributed by atoms with Gasteiger partial charge in [0.05, 0.1) is 24.5 Å². The Hall–Kier alpha value is -1.57. The van der Waals surface area contributed by atoms with Gasteiger partial charge in [-0.15, -0.1) is 0 Å². The molecule has 1 spiro atoms. The first-order valence-corrected chi connectivity index (χ1v) is 7.65. The normalized spacial score (nSPS) is 21.4. The van der Waals surface area contributed by atoms with Gasteiger partial charge in [0.15, 0.2) is 5.79 Å². The van der Waals surface area contributed by atoms with E-state index in [9.17, 15) is 5.26 Å². The van der Waals surface area contributed by atoms with Crippen molar-refractivity contribution in [2.45, 2.75) is 44.4 Å². The molecule has 0 atom stereocenters. The summed E-state index contributed by atoms with van der Waals surface area (Å²) in [7, 11) is 2.09. The molecule has 1 aliphatic heterocycles. The Kier molecular flexibility index (Phi) is 3.88. The Balaban J connectivity index is 1.72. The second-order valence-corrected chi connectivity index (χ2v) is 6.08. The molecule has 2 aliphatic rings. The predicted octanol–water partition coefficient (Wildman–Crippen LogP) is 2.99. The summed E-state index contributed by atoms with van der Waals surface area (Å²) in [5.41, 5.74) is 2.91. The van der Waals surface area contributed by atoms with Crippen LogP contribution in [0.1, 0.15) is 36.8 Å². The average molecular weight is 286 g/mol. The number of hydrogen-bond donors (Lipinski definition) is 0. The molecule has 4 nitrogen and oxygen atoms in total. The van der Waals surface area contributed by atoms with Gasteiger partial charge in [0.2, 0.25) is 0 Å². The molecule has 1 saturated carbocycles. The molecule has 112 valence electrons. The topological polar surface area (TPSA) is 45.5 Å². The molecular formula is C17H22N2O2. The van der Waals surface area contributed by atoms with E-state index in [0.717, 1.165) is 55.7 Å². The summed E-state index contributed by atoms with van der Waals surface area (Å²) in [6.07, 6.45) is 3.95. The van der Waals surface area contributed by atoms with Crippen LogP contribution in [0.4, 0.5) is 5.69 Å². The second kappa shape index (κ2) is 5.67. The maximum atomic E-state index is 9.34. The van der Waals surface area contributed by atoms with Crippen LogP contribution in [0.2, 0.25) is 0 Å². The molecule has 2 fully saturated rings. The number of nitrogens with zero attached hydrogens (tertiary/aromatic N) is 2. The Morgan fingerprint density at radius 3 is 2.52 bits per heavy atom. The first-order valence-electron chi connectivity index (χ1n) is 7.65. The molecule has 0 bridgehead atoms. The van der Waals surface area contributed by atoms with E-state index in [-0.39, 0.29) is 5.79 Å². The average Bonchev–Trinajstić information content (AvgIpc) is 2.95. The fraction of sp³-hybridized carbons (Fsp3) is 0.588. The summed E-state index contributed by atoms with van der Waals surface area (Å²) in [5, 5.41) is 9.34. The van der Waals surface area contributed by atoms with E-state index < -0.39 is 0 Å². The lowest BCUT2D eigenvalue weighted by molar-refractivity contribution is -0.178. The van der Waals surface area contributed by atoms with E-state index >= 15 is 0 Å². The van der Waals surface area contributed by atoms with Crippen LogP contribution < -0.4 is 4.90 Å². The number of aryl methyl sites for hydroxylation is 1. The van der Waals surface area contributed by atoms with Gasteiger partial charge in [-0.2, -0.15) is 5.26 Å². The van der Waals surface area contributed by atoms with Crippen LogP contribution in [0.15, 0.2) is 18.2 Å². The number of anilines is 1. The van der Waals surface area contributed by atoms with Crippen LogP contribution in [-0.2, 0) is 9.47 Å². The zero-order valence-corrected chi connectivity index (χ0v) is 12.8. The molecule has 4 heteroatoms. The standard InChI is InChI=1S/C17H22N2O2/c1-13-3-4-16(14(11-13)12-18)19(2)15-5-7-17(8-6-15)20-9-10-21-17/h3-4,11,15H,5-10H2,1-2H3. The molecule has 0 aromatic heterocycles. The lowest BCUT2D eigenvalue weighted by Gasteiger charge is -2.40. The molecule has 0 amide bonds. The zero-order chi connectivity index (χ0) is 14.9. The first kappa shape index (κ1) is 14.4. The molecule has 1 saturated heterocycles. The van der Waals surface area contributed by atoms with Crippen LogP contribution in [0.3, 0.4) is 0 Å². The van der Waals surface area contributed by atoms with Crippen LogP contribution in [-0.4, -0.2) is 32.1 Å². The molecule has 1 aromatic rings. The molecule has 0 radical (unpaired) electrons. The highest BCUT2D eigenvalue weighted by Gasteiger charge is 2.41. The number of benzene rings is 1. The smallest absolute Gasteiger partial charge is 0.168 e. The van der Waals surface area contributed by atoms with Gasteiger partial charge in [-0.1, -0.05) is 6.07 Å². The molecule has 1 aromatic carbocycles. The fourth-order valence-corrected chi connectivity index (χ4v) is 3.46. The van der Waals surface area contributed by atoms with Gasteiger partial charge in [-0.05, 0) is 37.5 Å². The van der Waals surface area contributed by atoms with Crippen molar-refractivity contribution in [2.75, 3.05) is 25.2 Å². The van der Waals surface area contributed by atoms with Crippen LogP contribution in [0.25, 0.3) is 0 Å². The van der Waals surface area contributed by atoms with Crippen LogP contribution in [0.5, 0.6) is 0 Å².